The van der Waals surface area contributed by atoms with Gasteiger partial charge in [-0.1, -0.05) is 311 Å². The molecule has 0 spiro atoms. The molecule has 0 fully saturated rings. The molecule has 3 N–H and O–H groups in total. The van der Waals surface area contributed by atoms with Crippen molar-refractivity contribution in [2.75, 3.05) is 26.4 Å². The van der Waals surface area contributed by atoms with Gasteiger partial charge in [0.15, 0.2) is 6.10 Å². The Hall–Kier alpha value is -2.81. The lowest BCUT2D eigenvalue weighted by Gasteiger charge is -2.19. The van der Waals surface area contributed by atoms with E-state index in [1.165, 1.54) is 193 Å². The van der Waals surface area contributed by atoms with Gasteiger partial charge in [0.25, 0.3) is 0 Å². The second-order valence-corrected chi connectivity index (χ2v) is 23.4. The van der Waals surface area contributed by atoms with Gasteiger partial charge in [-0.2, -0.15) is 0 Å². The van der Waals surface area contributed by atoms with Crippen molar-refractivity contribution in [1.29, 1.82) is 0 Å². The summed E-state index contributed by atoms with van der Waals surface area (Å²) >= 11 is 0. The van der Waals surface area contributed by atoms with Crippen LogP contribution in [-0.4, -0.2) is 49.3 Å². The van der Waals surface area contributed by atoms with Crippen molar-refractivity contribution in [3.63, 3.8) is 0 Å². The molecule has 0 aliphatic rings. The Morgan fingerprint density at radius 3 is 1.04 bits per heavy atom. The minimum Gasteiger partial charge on any atom is -0.462 e. The fourth-order valence-electron chi connectivity index (χ4n) is 9.44. The molecule has 0 saturated heterocycles. The highest BCUT2D eigenvalue weighted by atomic mass is 31.2. The zero-order valence-corrected chi connectivity index (χ0v) is 52.2. The average molecular weight is 1130 g/mol. The highest BCUT2D eigenvalue weighted by Gasteiger charge is 2.26. The number of carbonyl (C=O) groups excluding carboxylic acids is 2. The number of allylic oxidation sites excluding steroid dienone is 14. The maximum absolute atomic E-state index is 12.7. The van der Waals surface area contributed by atoms with Crippen molar-refractivity contribution in [3.05, 3.63) is 85.1 Å². The number of hydrogen-bond donors (Lipinski definition) is 2. The Kier molecular flexibility index (Phi) is 62.1. The molecule has 0 bridgehead atoms. The van der Waals surface area contributed by atoms with E-state index in [0.717, 1.165) is 83.5 Å². The first-order valence-corrected chi connectivity index (χ1v) is 34.6. The quantitative estimate of drug-likeness (QED) is 0.0264. The Labute approximate surface area is 487 Å². The topological polar surface area (TPSA) is 134 Å². The van der Waals surface area contributed by atoms with Crippen LogP contribution in [0.4, 0.5) is 0 Å². The number of rotatable bonds is 62. The molecule has 10 heteroatoms. The van der Waals surface area contributed by atoms with Crippen molar-refractivity contribution in [2.24, 2.45) is 5.73 Å². The molecule has 79 heavy (non-hydrogen) atoms. The van der Waals surface area contributed by atoms with Gasteiger partial charge < -0.3 is 20.1 Å². The third kappa shape index (κ3) is 64.2. The lowest BCUT2D eigenvalue weighted by molar-refractivity contribution is -0.161. The molecular weight excluding hydrogens is 1000 g/mol. The van der Waals surface area contributed by atoms with E-state index in [2.05, 4.69) is 98.9 Å². The van der Waals surface area contributed by atoms with E-state index in [-0.39, 0.29) is 38.6 Å². The van der Waals surface area contributed by atoms with Crippen LogP contribution in [0.15, 0.2) is 85.1 Å². The molecule has 0 aromatic heterocycles. The lowest BCUT2D eigenvalue weighted by Crippen LogP contribution is -2.29. The van der Waals surface area contributed by atoms with E-state index >= 15 is 0 Å². The predicted octanol–water partition coefficient (Wildman–Crippen LogP) is 21.4. The highest BCUT2D eigenvalue weighted by molar-refractivity contribution is 7.47. The summed E-state index contributed by atoms with van der Waals surface area (Å²) < 4.78 is 33.1. The maximum atomic E-state index is 12.7. The molecule has 0 rings (SSSR count). The van der Waals surface area contributed by atoms with Gasteiger partial charge >= 0.3 is 19.8 Å². The van der Waals surface area contributed by atoms with Gasteiger partial charge in [-0.15, -0.1) is 0 Å². The SMILES string of the molecule is CC/C=C\C/C=C\C/C=C\C/C=C\C/C=C\C/C=C\C/C=C\CCCCCCCCCCCCCCCC(=O)OC(COC(=O)CCCCCCCCCCCCCCCCCCCCCCCCC)COP(=O)(O)OCCN. The summed E-state index contributed by atoms with van der Waals surface area (Å²) in [5.74, 6) is -0.817. The molecule has 2 unspecified atom stereocenters. The van der Waals surface area contributed by atoms with Gasteiger partial charge in [0.1, 0.15) is 6.61 Å². The monoisotopic (exact) mass is 1130 g/mol. The summed E-state index contributed by atoms with van der Waals surface area (Å²) in [5, 5.41) is 0. The zero-order chi connectivity index (χ0) is 57.3. The van der Waals surface area contributed by atoms with E-state index in [9.17, 15) is 19.0 Å². The molecule has 0 aliphatic carbocycles. The number of phosphoric acid groups is 1. The van der Waals surface area contributed by atoms with E-state index in [1.54, 1.807) is 0 Å². The standard InChI is InChI=1S/C69H124NO8P/c1-3-5-7-9-11-13-15-17-19-21-23-25-27-28-29-30-31-32-33-34-35-36-37-38-40-42-44-46-48-50-52-54-56-58-60-62-69(72)78-67(66-77-79(73,74)76-64-63-70)65-75-68(71)61-59-57-55-53-51-49-47-45-43-41-39-26-24-22-20-18-16-14-12-10-8-6-4-2/h5,7,11,13,17,19,23,25,28-29,31-32,34-35,67H,3-4,6,8-10,12,14-16,18,20-22,24,26-27,30,33,36-66,70H2,1-2H3,(H,73,74)/b7-5-,13-11-,19-17-,25-23-,29-28-,32-31-,35-34-. The zero-order valence-electron chi connectivity index (χ0n) is 51.3. The number of esters is 2. The largest absolute Gasteiger partial charge is 0.472 e. The number of nitrogens with two attached hydrogens (primary N) is 1. The smallest absolute Gasteiger partial charge is 0.462 e. The number of phosphoric ester groups is 1. The summed E-state index contributed by atoms with van der Waals surface area (Å²) in [4.78, 5) is 35.3. The van der Waals surface area contributed by atoms with Gasteiger partial charge in [0, 0.05) is 19.4 Å². The Morgan fingerprint density at radius 1 is 0.392 bits per heavy atom. The van der Waals surface area contributed by atoms with Crippen LogP contribution in [0, 0.1) is 0 Å². The van der Waals surface area contributed by atoms with Crippen molar-refractivity contribution in [3.8, 4) is 0 Å². The van der Waals surface area contributed by atoms with Gasteiger partial charge in [-0.05, 0) is 70.6 Å². The summed E-state index contributed by atoms with van der Waals surface area (Å²) in [6.45, 7) is 3.67. The third-order valence-corrected chi connectivity index (χ3v) is 15.3. The van der Waals surface area contributed by atoms with Crippen LogP contribution in [0.2, 0.25) is 0 Å². The first-order chi connectivity index (χ1) is 38.8. The normalized spacial score (nSPS) is 13.5. The van der Waals surface area contributed by atoms with Crippen molar-refractivity contribution in [2.45, 2.75) is 315 Å². The van der Waals surface area contributed by atoms with Crippen LogP contribution < -0.4 is 5.73 Å². The highest BCUT2D eigenvalue weighted by Crippen LogP contribution is 2.43. The van der Waals surface area contributed by atoms with Crippen molar-refractivity contribution < 1.29 is 37.6 Å². The number of carbonyl (C=O) groups is 2. The second kappa shape index (κ2) is 64.4. The van der Waals surface area contributed by atoms with E-state index in [1.807, 2.05) is 0 Å². The first-order valence-electron chi connectivity index (χ1n) is 33.1. The lowest BCUT2D eigenvalue weighted by atomic mass is 10.0. The molecule has 0 radical (unpaired) electrons. The van der Waals surface area contributed by atoms with Gasteiger partial charge in [-0.3, -0.25) is 18.6 Å². The average Bonchev–Trinajstić information content (AvgIpc) is 3.44. The summed E-state index contributed by atoms with van der Waals surface area (Å²) in [6.07, 6.45) is 85.2. The van der Waals surface area contributed by atoms with Gasteiger partial charge in [0.2, 0.25) is 0 Å². The molecule has 0 amide bonds. The van der Waals surface area contributed by atoms with E-state index in [4.69, 9.17) is 24.3 Å². The Morgan fingerprint density at radius 2 is 0.696 bits per heavy atom. The minimum atomic E-state index is -4.39. The summed E-state index contributed by atoms with van der Waals surface area (Å²) in [6, 6.07) is 0. The summed E-state index contributed by atoms with van der Waals surface area (Å²) in [7, 11) is -4.39. The van der Waals surface area contributed by atoms with Crippen LogP contribution >= 0.6 is 7.82 Å². The van der Waals surface area contributed by atoms with E-state index in [0.29, 0.717) is 6.42 Å². The van der Waals surface area contributed by atoms with Gasteiger partial charge in [0.05, 0.1) is 13.2 Å². The molecule has 0 aromatic carbocycles. The van der Waals surface area contributed by atoms with Crippen molar-refractivity contribution in [1.82, 2.24) is 0 Å². The van der Waals surface area contributed by atoms with E-state index < -0.39 is 26.5 Å². The number of hydrogen-bond acceptors (Lipinski definition) is 8. The fraction of sp³-hybridized carbons (Fsp3) is 0.768. The van der Waals surface area contributed by atoms with Crippen molar-refractivity contribution >= 4 is 19.8 Å². The van der Waals surface area contributed by atoms with Crippen LogP contribution in [0.5, 0.6) is 0 Å². The van der Waals surface area contributed by atoms with Crippen LogP contribution in [0.25, 0.3) is 0 Å². The molecule has 0 aliphatic heterocycles. The maximum Gasteiger partial charge on any atom is 0.472 e. The molecular formula is C69H124NO8P. The second-order valence-electron chi connectivity index (χ2n) is 22.0. The third-order valence-electron chi connectivity index (χ3n) is 14.3. The molecule has 0 saturated carbocycles. The first kappa shape index (κ1) is 76.2. The van der Waals surface area contributed by atoms with Crippen LogP contribution in [0.1, 0.15) is 309 Å². The minimum absolute atomic E-state index is 0.0523. The number of unbranched alkanes of at least 4 members (excludes halogenated alkanes) is 35. The molecule has 9 nitrogen and oxygen atoms in total. The molecule has 0 aromatic rings. The fourth-order valence-corrected chi connectivity index (χ4v) is 10.2. The molecule has 0 heterocycles. The van der Waals surface area contributed by atoms with Gasteiger partial charge in [-0.25, -0.2) is 4.57 Å². The molecule has 458 valence electrons. The Balaban J connectivity index is 3.90. The number of ether oxygens (including phenoxy) is 2. The molecule has 2 atom stereocenters. The predicted molar refractivity (Wildman–Crippen MR) is 339 cm³/mol. The summed E-state index contributed by atoms with van der Waals surface area (Å²) in [5.41, 5.74) is 5.40. The van der Waals surface area contributed by atoms with Crippen LogP contribution in [-0.2, 0) is 32.7 Å². The Bertz CT molecular complexity index is 1570. The van der Waals surface area contributed by atoms with Crippen LogP contribution in [0.3, 0.4) is 0 Å².